The third-order valence-electron chi connectivity index (χ3n) is 9.02. The van der Waals surface area contributed by atoms with Gasteiger partial charge in [0.05, 0.1) is 36.0 Å². The number of nitrogens with one attached hydrogen (secondary N) is 1. The second kappa shape index (κ2) is 16.5. The van der Waals surface area contributed by atoms with Crippen LogP contribution in [0.15, 0.2) is 37.1 Å². The molecule has 4 aromatic rings. The molecule has 1 fully saturated rings. The highest BCUT2D eigenvalue weighted by Gasteiger charge is 2.48. The maximum Gasteiger partial charge on any atom is 0.426 e. The highest BCUT2D eigenvalue weighted by molar-refractivity contribution is 5.91. The van der Waals surface area contributed by atoms with Gasteiger partial charge in [0.2, 0.25) is 0 Å². The van der Waals surface area contributed by atoms with E-state index in [9.17, 15) is 37.1 Å². The van der Waals surface area contributed by atoms with E-state index < -0.39 is 70.5 Å². The van der Waals surface area contributed by atoms with Gasteiger partial charge in [-0.2, -0.15) is 4.98 Å². The van der Waals surface area contributed by atoms with E-state index in [4.69, 9.17) is 14.2 Å². The van der Waals surface area contributed by atoms with Crippen molar-refractivity contribution in [3.05, 3.63) is 60.1 Å². The number of benzene rings is 1. The topological polar surface area (TPSA) is 174 Å². The molecule has 5 rings (SSSR count). The number of amides is 3. The van der Waals surface area contributed by atoms with Gasteiger partial charge in [-0.3, -0.25) is 4.98 Å². The maximum atomic E-state index is 15.1. The standard InChI is InChI=1S/C39H47F5N8O7/c1-36(2,3)52(35(56)59-38(7,8)9)34(55)57-32-28-31(46-19-47-32)51(20-48-28)17-21-15-24(22-11-12-23(40)27(42)26(22)41)45-16-25(21)50-14-10-13-39(18-50,29(53)30(43)44)49-33(54)58-37(4,5)6/h11-12,15-16,19-20,29-30,53H,10,13-14,17-18H2,1-9H3,(H,49,54). The Morgan fingerprint density at radius 1 is 0.932 bits per heavy atom. The van der Waals surface area contributed by atoms with Crippen LogP contribution in [0.3, 0.4) is 0 Å². The van der Waals surface area contributed by atoms with Crippen LogP contribution in [0, 0.1) is 17.5 Å². The van der Waals surface area contributed by atoms with Crippen LogP contribution in [-0.4, -0.2) is 101 Å². The normalized spacial score (nSPS) is 16.8. The summed E-state index contributed by atoms with van der Waals surface area (Å²) in [7, 11) is 0. The zero-order valence-electron chi connectivity index (χ0n) is 34.1. The second-order valence-electron chi connectivity index (χ2n) is 17.1. The maximum absolute atomic E-state index is 15.1. The molecule has 2 atom stereocenters. The number of aromatic nitrogens is 5. The average molecular weight is 835 g/mol. The number of hydrogen-bond acceptors (Lipinski definition) is 12. The first-order valence-corrected chi connectivity index (χ1v) is 18.6. The minimum absolute atomic E-state index is 0.0139. The van der Waals surface area contributed by atoms with E-state index in [2.05, 4.69) is 25.3 Å². The quantitative estimate of drug-likeness (QED) is 0.133. The molecule has 15 nitrogen and oxygen atoms in total. The first-order valence-electron chi connectivity index (χ1n) is 18.6. The third kappa shape index (κ3) is 10.1. The van der Waals surface area contributed by atoms with Gasteiger partial charge in [-0.15, -0.1) is 0 Å². The molecule has 0 bridgehead atoms. The number of nitrogens with zero attached hydrogens (tertiary/aromatic N) is 7. The number of hydrogen-bond donors (Lipinski definition) is 2. The van der Waals surface area contributed by atoms with Crippen molar-refractivity contribution in [1.29, 1.82) is 0 Å². The molecule has 2 N–H and O–H groups in total. The van der Waals surface area contributed by atoms with Crippen LogP contribution in [0.25, 0.3) is 22.4 Å². The fraction of sp³-hybridized carbons (Fsp3) is 0.513. The summed E-state index contributed by atoms with van der Waals surface area (Å²) in [5.74, 6) is -4.95. The number of ether oxygens (including phenoxy) is 3. The number of imide groups is 1. The molecule has 0 aliphatic carbocycles. The monoisotopic (exact) mass is 834 g/mol. The molecule has 2 unspecified atom stereocenters. The number of aliphatic hydroxyl groups excluding tert-OH is 1. The molecule has 4 heterocycles. The largest absolute Gasteiger partial charge is 0.444 e. The number of carbonyl (C=O) groups is 3. The van der Waals surface area contributed by atoms with E-state index in [-0.39, 0.29) is 66.5 Å². The number of pyridine rings is 1. The van der Waals surface area contributed by atoms with Gasteiger partial charge in [-0.05, 0) is 98.9 Å². The Balaban J connectivity index is 1.57. The lowest BCUT2D eigenvalue weighted by atomic mass is 9.83. The Morgan fingerprint density at radius 2 is 1.61 bits per heavy atom. The van der Waals surface area contributed by atoms with Gasteiger partial charge < -0.3 is 34.1 Å². The van der Waals surface area contributed by atoms with Crippen LogP contribution in [0.5, 0.6) is 5.88 Å². The molecule has 0 saturated carbocycles. The van der Waals surface area contributed by atoms with Crippen molar-refractivity contribution in [2.75, 3.05) is 18.0 Å². The number of anilines is 1. The van der Waals surface area contributed by atoms with Crippen molar-refractivity contribution in [3.63, 3.8) is 0 Å². The van der Waals surface area contributed by atoms with E-state index >= 15 is 4.39 Å². The fourth-order valence-corrected chi connectivity index (χ4v) is 6.52. The third-order valence-corrected chi connectivity index (χ3v) is 9.02. The smallest absolute Gasteiger partial charge is 0.426 e. The average Bonchev–Trinajstić information content (AvgIpc) is 3.51. The minimum atomic E-state index is -3.26. The van der Waals surface area contributed by atoms with Crippen molar-refractivity contribution in [2.24, 2.45) is 0 Å². The predicted molar refractivity (Wildman–Crippen MR) is 203 cm³/mol. The zero-order chi connectivity index (χ0) is 43.8. The zero-order valence-corrected chi connectivity index (χ0v) is 34.1. The van der Waals surface area contributed by atoms with Crippen LogP contribution in [0.4, 0.5) is 42.0 Å². The van der Waals surface area contributed by atoms with E-state index in [0.717, 1.165) is 23.4 Å². The molecule has 0 spiro atoms. The summed E-state index contributed by atoms with van der Waals surface area (Å²) in [4.78, 5) is 58.9. The van der Waals surface area contributed by atoms with Gasteiger partial charge in [-0.1, -0.05) is 0 Å². The summed E-state index contributed by atoms with van der Waals surface area (Å²) >= 11 is 0. The molecular weight excluding hydrogens is 787 g/mol. The van der Waals surface area contributed by atoms with Gasteiger partial charge in [-0.25, -0.2) is 51.2 Å². The van der Waals surface area contributed by atoms with Crippen molar-refractivity contribution in [1.82, 2.24) is 34.7 Å². The molecule has 1 aliphatic rings. The van der Waals surface area contributed by atoms with Crippen LogP contribution in [0.2, 0.25) is 0 Å². The Morgan fingerprint density at radius 3 is 2.24 bits per heavy atom. The molecule has 1 aliphatic heterocycles. The van der Waals surface area contributed by atoms with Crippen molar-refractivity contribution >= 4 is 35.1 Å². The van der Waals surface area contributed by atoms with Crippen LogP contribution >= 0.6 is 0 Å². The molecular formula is C39H47F5N8O7. The second-order valence-corrected chi connectivity index (χ2v) is 17.1. The summed E-state index contributed by atoms with van der Waals surface area (Å²) in [5.41, 5.74) is -4.76. The Hall–Kier alpha value is -5.66. The molecule has 3 aromatic heterocycles. The van der Waals surface area contributed by atoms with Gasteiger partial charge >= 0.3 is 18.3 Å². The first kappa shape index (κ1) is 44.4. The number of rotatable bonds is 8. The van der Waals surface area contributed by atoms with Gasteiger partial charge in [0.25, 0.3) is 12.3 Å². The summed E-state index contributed by atoms with van der Waals surface area (Å²) in [6.45, 7) is 14.2. The highest BCUT2D eigenvalue weighted by atomic mass is 19.3. The number of piperidine rings is 1. The van der Waals surface area contributed by atoms with Crippen molar-refractivity contribution < 1.29 is 55.7 Å². The number of halogens is 5. The van der Waals surface area contributed by atoms with Crippen molar-refractivity contribution in [2.45, 2.75) is 117 Å². The molecule has 320 valence electrons. The molecule has 1 aromatic carbocycles. The summed E-state index contributed by atoms with van der Waals surface area (Å²) < 4.78 is 89.8. The van der Waals surface area contributed by atoms with E-state index in [1.807, 2.05) is 0 Å². The van der Waals surface area contributed by atoms with Crippen LogP contribution in [-0.2, 0) is 16.0 Å². The lowest BCUT2D eigenvalue weighted by molar-refractivity contribution is -0.0664. The molecule has 59 heavy (non-hydrogen) atoms. The number of imidazole rings is 1. The van der Waals surface area contributed by atoms with Crippen LogP contribution in [0.1, 0.15) is 80.7 Å². The fourth-order valence-electron chi connectivity index (χ4n) is 6.52. The summed E-state index contributed by atoms with van der Waals surface area (Å²) in [5, 5.41) is 13.4. The number of alkyl halides is 2. The Kier molecular flexibility index (Phi) is 12.5. The van der Waals surface area contributed by atoms with Crippen molar-refractivity contribution in [3.8, 4) is 17.1 Å². The predicted octanol–water partition coefficient (Wildman–Crippen LogP) is 7.38. The van der Waals surface area contributed by atoms with E-state index in [1.54, 1.807) is 67.2 Å². The molecule has 3 amide bonds. The Bertz CT molecular complexity index is 2220. The van der Waals surface area contributed by atoms with E-state index in [1.165, 1.54) is 23.2 Å². The molecule has 20 heteroatoms. The van der Waals surface area contributed by atoms with Crippen LogP contribution < -0.4 is 15.0 Å². The number of aliphatic hydroxyl groups is 1. The Labute approximate surface area is 336 Å². The van der Waals surface area contributed by atoms with Gasteiger partial charge in [0.15, 0.2) is 28.6 Å². The number of fused-ring (bicyclic) bond motifs is 1. The lowest BCUT2D eigenvalue weighted by Crippen LogP contribution is -2.67. The lowest BCUT2D eigenvalue weighted by Gasteiger charge is -2.46. The number of alkyl carbamates (subject to hydrolysis) is 1. The SMILES string of the molecule is CC(C)(C)OC(=O)NC1(C(O)C(F)F)CCCN(c2cnc(-c3ccc(F)c(F)c3F)cc2Cn2cnc3c(OC(=O)N(C(=O)OC(C)(C)C)C(C)(C)C)ncnc32)C1. The highest BCUT2D eigenvalue weighted by Crippen LogP contribution is 2.36. The summed E-state index contributed by atoms with van der Waals surface area (Å²) in [6.07, 6.45) is -4.87. The summed E-state index contributed by atoms with van der Waals surface area (Å²) in [6, 6.07) is 3.12. The molecule has 1 saturated heterocycles. The number of carbonyl (C=O) groups excluding carboxylic acids is 3. The first-order chi connectivity index (χ1) is 27.3. The van der Waals surface area contributed by atoms with E-state index in [0.29, 0.717) is 5.56 Å². The van der Waals surface area contributed by atoms with Gasteiger partial charge in [0.1, 0.15) is 23.6 Å². The minimum Gasteiger partial charge on any atom is -0.444 e. The van der Waals surface area contributed by atoms with Gasteiger partial charge in [0, 0.05) is 24.2 Å². The molecule has 0 radical (unpaired) electrons.